The number of hydrogen-bond donors (Lipinski definition) is 0. The van der Waals surface area contributed by atoms with E-state index in [1.54, 1.807) is 0 Å². The van der Waals surface area contributed by atoms with Crippen molar-refractivity contribution in [1.29, 1.82) is 0 Å². The molecule has 1 saturated heterocycles. The van der Waals surface area contributed by atoms with Crippen LogP contribution in [0.3, 0.4) is 0 Å². The summed E-state index contributed by atoms with van der Waals surface area (Å²) in [6.07, 6.45) is 4.51. The van der Waals surface area contributed by atoms with Crippen molar-refractivity contribution in [3.8, 4) is 0 Å². The molecule has 2 heterocycles. The Hall–Kier alpha value is -1.16. The molecule has 18 heavy (non-hydrogen) atoms. The Labute approximate surface area is 110 Å². The van der Waals surface area contributed by atoms with Crippen LogP contribution < -0.4 is 4.90 Å². The van der Waals surface area contributed by atoms with E-state index < -0.39 is 0 Å². The van der Waals surface area contributed by atoms with Gasteiger partial charge in [0.1, 0.15) is 11.6 Å². The number of aromatic nitrogens is 2. The molecule has 1 aliphatic rings. The standard InChI is InChI=1S/C14H24N4/c1-11-9-15-12(2)16-14(11)18(4)10-13-5-7-17(3)8-6-13/h9,13H,5-8,10H2,1-4H3. The van der Waals surface area contributed by atoms with E-state index in [2.05, 4.69) is 40.8 Å². The number of anilines is 1. The second kappa shape index (κ2) is 5.65. The molecule has 0 aromatic carbocycles. The summed E-state index contributed by atoms with van der Waals surface area (Å²) >= 11 is 0. The first-order chi connectivity index (χ1) is 8.56. The van der Waals surface area contributed by atoms with Crippen molar-refractivity contribution in [2.45, 2.75) is 26.7 Å². The molecule has 2 rings (SSSR count). The molecule has 4 nitrogen and oxygen atoms in total. The molecule has 1 fully saturated rings. The number of aryl methyl sites for hydroxylation is 2. The van der Waals surface area contributed by atoms with Gasteiger partial charge >= 0.3 is 0 Å². The first kappa shape index (κ1) is 13.3. The number of rotatable bonds is 3. The van der Waals surface area contributed by atoms with Crippen molar-refractivity contribution < 1.29 is 0 Å². The number of likely N-dealkylation sites (tertiary alicyclic amines) is 1. The molecule has 0 saturated carbocycles. The maximum absolute atomic E-state index is 4.56. The zero-order valence-corrected chi connectivity index (χ0v) is 12.0. The van der Waals surface area contributed by atoms with Crippen LogP contribution in [0.1, 0.15) is 24.2 Å². The summed E-state index contributed by atoms with van der Waals surface area (Å²) in [4.78, 5) is 13.5. The maximum Gasteiger partial charge on any atom is 0.134 e. The molecule has 0 aliphatic carbocycles. The molecule has 0 N–H and O–H groups in total. The van der Waals surface area contributed by atoms with Crippen LogP contribution in [0.4, 0.5) is 5.82 Å². The monoisotopic (exact) mass is 248 g/mol. The van der Waals surface area contributed by atoms with Gasteiger partial charge in [-0.15, -0.1) is 0 Å². The van der Waals surface area contributed by atoms with Crippen molar-refractivity contribution in [2.24, 2.45) is 5.92 Å². The second-order valence-corrected chi connectivity index (χ2v) is 5.55. The molecule has 1 aromatic heterocycles. The summed E-state index contributed by atoms with van der Waals surface area (Å²) in [5.41, 5.74) is 1.16. The van der Waals surface area contributed by atoms with Crippen molar-refractivity contribution in [3.05, 3.63) is 17.6 Å². The topological polar surface area (TPSA) is 32.3 Å². The number of piperidine rings is 1. The van der Waals surface area contributed by atoms with Gasteiger partial charge in [0.15, 0.2) is 0 Å². The first-order valence-corrected chi connectivity index (χ1v) is 6.76. The predicted octanol–water partition coefficient (Wildman–Crippen LogP) is 1.87. The zero-order chi connectivity index (χ0) is 13.1. The highest BCUT2D eigenvalue weighted by Crippen LogP contribution is 2.21. The quantitative estimate of drug-likeness (QED) is 0.817. The lowest BCUT2D eigenvalue weighted by molar-refractivity contribution is 0.222. The Kier molecular flexibility index (Phi) is 4.17. The number of hydrogen-bond acceptors (Lipinski definition) is 4. The lowest BCUT2D eigenvalue weighted by Gasteiger charge is -2.32. The summed E-state index contributed by atoms with van der Waals surface area (Å²) in [5.74, 6) is 2.73. The van der Waals surface area contributed by atoms with Gasteiger partial charge in [-0.3, -0.25) is 0 Å². The fourth-order valence-electron chi connectivity index (χ4n) is 2.62. The Morgan fingerprint density at radius 2 is 2.00 bits per heavy atom. The van der Waals surface area contributed by atoms with E-state index in [4.69, 9.17) is 0 Å². The van der Waals surface area contributed by atoms with Crippen molar-refractivity contribution in [2.75, 3.05) is 38.6 Å². The van der Waals surface area contributed by atoms with E-state index in [0.29, 0.717) is 0 Å². The minimum Gasteiger partial charge on any atom is -0.359 e. The van der Waals surface area contributed by atoms with Crippen molar-refractivity contribution in [1.82, 2.24) is 14.9 Å². The van der Waals surface area contributed by atoms with Crippen LogP contribution in [-0.2, 0) is 0 Å². The van der Waals surface area contributed by atoms with Crippen molar-refractivity contribution >= 4 is 5.82 Å². The van der Waals surface area contributed by atoms with Gasteiger partial charge in [0.25, 0.3) is 0 Å². The van der Waals surface area contributed by atoms with E-state index in [9.17, 15) is 0 Å². The highest BCUT2D eigenvalue weighted by Gasteiger charge is 2.19. The molecule has 0 unspecified atom stereocenters. The molecule has 4 heteroatoms. The summed E-state index contributed by atoms with van der Waals surface area (Å²) in [7, 11) is 4.35. The molecule has 1 aromatic rings. The highest BCUT2D eigenvalue weighted by atomic mass is 15.2. The normalized spacial score (nSPS) is 18.0. The minimum absolute atomic E-state index is 0.792. The van der Waals surface area contributed by atoms with E-state index in [-0.39, 0.29) is 0 Å². The predicted molar refractivity (Wildman–Crippen MR) is 75.0 cm³/mol. The van der Waals surface area contributed by atoms with Crippen LogP contribution in [0.25, 0.3) is 0 Å². The van der Waals surface area contributed by atoms with Crippen LogP contribution in [0.5, 0.6) is 0 Å². The lowest BCUT2D eigenvalue weighted by Crippen LogP contribution is -2.36. The third-order valence-electron chi connectivity index (χ3n) is 3.80. The zero-order valence-electron chi connectivity index (χ0n) is 12.0. The molecule has 0 atom stereocenters. The molecule has 0 amide bonds. The summed E-state index contributed by atoms with van der Waals surface area (Å²) < 4.78 is 0. The van der Waals surface area contributed by atoms with Gasteiger partial charge < -0.3 is 9.80 Å². The van der Waals surface area contributed by atoms with E-state index in [1.165, 1.54) is 25.9 Å². The Bertz CT molecular complexity index is 397. The molecule has 0 radical (unpaired) electrons. The van der Waals surface area contributed by atoms with Crippen LogP contribution in [0, 0.1) is 19.8 Å². The Balaban J connectivity index is 1.98. The van der Waals surface area contributed by atoms with Gasteiger partial charge in [0.05, 0.1) is 0 Å². The summed E-state index contributed by atoms with van der Waals surface area (Å²) in [6, 6.07) is 0. The maximum atomic E-state index is 4.56. The largest absolute Gasteiger partial charge is 0.359 e. The van der Waals surface area contributed by atoms with E-state index in [1.807, 2.05) is 13.1 Å². The van der Waals surface area contributed by atoms with Gasteiger partial charge in [0.2, 0.25) is 0 Å². The highest BCUT2D eigenvalue weighted by molar-refractivity contribution is 5.44. The van der Waals surface area contributed by atoms with Gasteiger partial charge in [-0.1, -0.05) is 0 Å². The van der Waals surface area contributed by atoms with E-state index >= 15 is 0 Å². The fraction of sp³-hybridized carbons (Fsp3) is 0.714. The first-order valence-electron chi connectivity index (χ1n) is 6.76. The molecule has 0 spiro atoms. The Morgan fingerprint density at radius 1 is 1.33 bits per heavy atom. The third kappa shape index (κ3) is 3.19. The van der Waals surface area contributed by atoms with Crippen LogP contribution in [0.2, 0.25) is 0 Å². The average Bonchev–Trinajstić information content (AvgIpc) is 2.35. The SMILES string of the molecule is Cc1ncc(C)c(N(C)CC2CCN(C)CC2)n1. The van der Waals surface area contributed by atoms with Crippen LogP contribution in [0.15, 0.2) is 6.20 Å². The van der Waals surface area contributed by atoms with Gasteiger partial charge in [0, 0.05) is 25.4 Å². The molecular weight excluding hydrogens is 224 g/mol. The lowest BCUT2D eigenvalue weighted by atomic mass is 9.96. The molecular formula is C14H24N4. The minimum atomic E-state index is 0.792. The van der Waals surface area contributed by atoms with Gasteiger partial charge in [-0.05, 0) is 52.7 Å². The summed E-state index contributed by atoms with van der Waals surface area (Å²) in [6.45, 7) is 7.58. The average molecular weight is 248 g/mol. The van der Waals surface area contributed by atoms with Crippen molar-refractivity contribution in [3.63, 3.8) is 0 Å². The fourth-order valence-corrected chi connectivity index (χ4v) is 2.62. The molecule has 0 bridgehead atoms. The third-order valence-corrected chi connectivity index (χ3v) is 3.80. The molecule has 100 valence electrons. The summed E-state index contributed by atoms with van der Waals surface area (Å²) in [5, 5.41) is 0. The van der Waals surface area contributed by atoms with Crippen LogP contribution >= 0.6 is 0 Å². The van der Waals surface area contributed by atoms with Gasteiger partial charge in [-0.2, -0.15) is 0 Å². The Morgan fingerprint density at radius 3 is 2.67 bits per heavy atom. The smallest absolute Gasteiger partial charge is 0.134 e. The van der Waals surface area contributed by atoms with E-state index in [0.717, 1.165) is 29.7 Å². The molecule has 1 aliphatic heterocycles. The second-order valence-electron chi connectivity index (χ2n) is 5.55. The van der Waals surface area contributed by atoms with Crippen LogP contribution in [-0.4, -0.2) is 48.6 Å². The van der Waals surface area contributed by atoms with Gasteiger partial charge in [-0.25, -0.2) is 9.97 Å². The number of nitrogens with zero attached hydrogens (tertiary/aromatic N) is 4.